The first-order valence-electron chi connectivity index (χ1n) is 6.82. The van der Waals surface area contributed by atoms with E-state index < -0.39 is 29.3 Å². The van der Waals surface area contributed by atoms with Gasteiger partial charge in [0.05, 0.1) is 11.1 Å². The SMILES string of the molecule is CC12CC(NC(=O)OCc3ccccc3)(C1)C(C(=O)O)O2. The molecule has 1 aromatic carbocycles. The zero-order valence-corrected chi connectivity index (χ0v) is 11.7. The summed E-state index contributed by atoms with van der Waals surface area (Å²) in [4.78, 5) is 23.1. The normalized spacial score (nSPS) is 33.1. The van der Waals surface area contributed by atoms with Crippen molar-refractivity contribution in [1.29, 1.82) is 0 Å². The van der Waals surface area contributed by atoms with Crippen LogP contribution in [0.3, 0.4) is 0 Å². The van der Waals surface area contributed by atoms with Crippen LogP contribution in [0.15, 0.2) is 30.3 Å². The number of carbonyl (C=O) groups is 2. The first-order chi connectivity index (χ1) is 9.92. The molecule has 2 bridgehead atoms. The second kappa shape index (κ2) is 4.73. The third-order valence-corrected chi connectivity index (χ3v) is 4.07. The van der Waals surface area contributed by atoms with Crippen LogP contribution in [0.5, 0.6) is 0 Å². The number of benzene rings is 1. The van der Waals surface area contributed by atoms with Crippen molar-refractivity contribution in [3.63, 3.8) is 0 Å². The van der Waals surface area contributed by atoms with Gasteiger partial charge in [-0.05, 0) is 12.5 Å². The molecule has 2 N–H and O–H groups in total. The molecule has 1 amide bonds. The van der Waals surface area contributed by atoms with Gasteiger partial charge >= 0.3 is 12.1 Å². The number of hydrogen-bond acceptors (Lipinski definition) is 4. The van der Waals surface area contributed by atoms with Crippen LogP contribution in [0.25, 0.3) is 0 Å². The fraction of sp³-hybridized carbons (Fsp3) is 0.467. The largest absolute Gasteiger partial charge is 0.479 e. The van der Waals surface area contributed by atoms with Crippen LogP contribution in [0, 0.1) is 0 Å². The Hall–Kier alpha value is -2.08. The van der Waals surface area contributed by atoms with Gasteiger partial charge in [-0.3, -0.25) is 0 Å². The van der Waals surface area contributed by atoms with E-state index in [0.29, 0.717) is 12.8 Å². The quantitative estimate of drug-likeness (QED) is 0.881. The van der Waals surface area contributed by atoms with E-state index in [9.17, 15) is 14.7 Å². The number of fused-ring (bicyclic) bond motifs is 1. The Kier molecular flexibility index (Phi) is 3.13. The summed E-state index contributed by atoms with van der Waals surface area (Å²) in [5, 5.41) is 11.9. The first kappa shape index (κ1) is 13.9. The van der Waals surface area contributed by atoms with Crippen molar-refractivity contribution in [2.75, 3.05) is 0 Å². The summed E-state index contributed by atoms with van der Waals surface area (Å²) in [6.45, 7) is 2.00. The molecule has 0 radical (unpaired) electrons. The van der Waals surface area contributed by atoms with E-state index in [4.69, 9.17) is 9.47 Å². The van der Waals surface area contributed by atoms with Gasteiger partial charge in [0.15, 0.2) is 6.10 Å². The van der Waals surface area contributed by atoms with Crippen LogP contribution in [-0.2, 0) is 20.9 Å². The molecule has 112 valence electrons. The fourth-order valence-electron chi connectivity index (χ4n) is 3.35. The maximum absolute atomic E-state index is 11.9. The third-order valence-electron chi connectivity index (χ3n) is 4.07. The zero-order valence-electron chi connectivity index (χ0n) is 11.7. The van der Waals surface area contributed by atoms with Crippen LogP contribution in [0.1, 0.15) is 25.3 Å². The van der Waals surface area contributed by atoms with Crippen molar-refractivity contribution in [2.45, 2.75) is 43.6 Å². The molecule has 1 aliphatic carbocycles. The molecular weight excluding hydrogens is 274 g/mol. The van der Waals surface area contributed by atoms with Crippen molar-refractivity contribution < 1.29 is 24.2 Å². The van der Waals surface area contributed by atoms with E-state index in [0.717, 1.165) is 5.56 Å². The van der Waals surface area contributed by atoms with Gasteiger partial charge in [0.25, 0.3) is 0 Å². The lowest BCUT2D eigenvalue weighted by atomic mass is 9.67. The van der Waals surface area contributed by atoms with Crippen molar-refractivity contribution in [2.24, 2.45) is 0 Å². The van der Waals surface area contributed by atoms with Gasteiger partial charge in [-0.1, -0.05) is 30.3 Å². The second-order valence-electron chi connectivity index (χ2n) is 5.98. The maximum atomic E-state index is 11.9. The van der Waals surface area contributed by atoms with E-state index in [1.54, 1.807) is 0 Å². The summed E-state index contributed by atoms with van der Waals surface area (Å²) in [7, 11) is 0. The number of aliphatic carboxylic acids is 1. The van der Waals surface area contributed by atoms with Crippen LogP contribution in [0.4, 0.5) is 4.79 Å². The second-order valence-corrected chi connectivity index (χ2v) is 5.98. The lowest BCUT2D eigenvalue weighted by Gasteiger charge is -2.42. The smallest absolute Gasteiger partial charge is 0.408 e. The topological polar surface area (TPSA) is 84.9 Å². The Bertz CT molecular complexity index is 565. The van der Waals surface area contributed by atoms with Crippen molar-refractivity contribution >= 4 is 12.1 Å². The lowest BCUT2D eigenvalue weighted by molar-refractivity contribution is -0.150. The molecule has 3 aliphatic rings. The number of alkyl carbamates (subject to hydrolysis) is 1. The Morgan fingerprint density at radius 3 is 2.67 bits per heavy atom. The number of rotatable bonds is 4. The predicted molar refractivity (Wildman–Crippen MR) is 72.6 cm³/mol. The van der Waals surface area contributed by atoms with Crippen LogP contribution in [-0.4, -0.2) is 34.4 Å². The highest BCUT2D eigenvalue weighted by atomic mass is 16.6. The Morgan fingerprint density at radius 2 is 2.05 bits per heavy atom. The molecule has 2 aliphatic heterocycles. The van der Waals surface area contributed by atoms with E-state index in [2.05, 4.69) is 5.32 Å². The minimum Gasteiger partial charge on any atom is -0.479 e. The molecule has 21 heavy (non-hydrogen) atoms. The predicted octanol–water partition coefficient (Wildman–Crippen LogP) is 1.69. The summed E-state index contributed by atoms with van der Waals surface area (Å²) in [6, 6.07) is 9.30. The number of nitrogens with one attached hydrogen (secondary N) is 1. The van der Waals surface area contributed by atoms with E-state index in [1.807, 2.05) is 37.3 Å². The number of ether oxygens (including phenoxy) is 2. The molecule has 3 fully saturated rings. The first-order valence-corrected chi connectivity index (χ1v) is 6.82. The third kappa shape index (κ3) is 2.47. The highest BCUT2D eigenvalue weighted by Crippen LogP contribution is 2.55. The average molecular weight is 291 g/mol. The van der Waals surface area contributed by atoms with Crippen LogP contribution >= 0.6 is 0 Å². The van der Waals surface area contributed by atoms with Crippen LogP contribution in [0.2, 0.25) is 0 Å². The van der Waals surface area contributed by atoms with Gasteiger partial charge in [-0.2, -0.15) is 0 Å². The zero-order chi connectivity index (χ0) is 15.1. The van der Waals surface area contributed by atoms with Gasteiger partial charge in [0.2, 0.25) is 0 Å². The molecule has 1 aromatic rings. The number of hydrogen-bond donors (Lipinski definition) is 2. The summed E-state index contributed by atoms with van der Waals surface area (Å²) in [6.07, 6.45) is -0.626. The molecular formula is C15H17NO5. The summed E-state index contributed by atoms with van der Waals surface area (Å²) >= 11 is 0. The average Bonchev–Trinajstić information content (AvgIpc) is 2.85. The number of carboxylic acids is 1. The molecule has 4 rings (SSSR count). The molecule has 0 aromatic heterocycles. The molecule has 1 saturated carbocycles. The highest BCUT2D eigenvalue weighted by molar-refractivity contribution is 5.79. The summed E-state index contributed by atoms with van der Waals surface area (Å²) < 4.78 is 10.6. The van der Waals surface area contributed by atoms with Gasteiger partial charge in [0, 0.05) is 12.8 Å². The minimum absolute atomic E-state index is 0.151. The lowest BCUT2D eigenvalue weighted by Crippen LogP contribution is -2.62. The highest BCUT2D eigenvalue weighted by Gasteiger charge is 2.69. The molecule has 1 unspecified atom stereocenters. The van der Waals surface area contributed by atoms with Gasteiger partial charge in [-0.15, -0.1) is 0 Å². The monoisotopic (exact) mass is 291 g/mol. The fourth-order valence-corrected chi connectivity index (χ4v) is 3.35. The van der Waals surface area contributed by atoms with Crippen LogP contribution < -0.4 is 5.32 Å². The Labute approximate surface area is 122 Å². The molecule has 1 atom stereocenters. The summed E-state index contributed by atoms with van der Waals surface area (Å²) in [5.41, 5.74) is -0.412. The van der Waals surface area contributed by atoms with E-state index in [-0.39, 0.29) is 6.61 Å². The van der Waals surface area contributed by atoms with Crippen molar-refractivity contribution in [1.82, 2.24) is 5.32 Å². The van der Waals surface area contributed by atoms with Gasteiger partial charge < -0.3 is 19.9 Å². The number of carboxylic acid groups (broad SMARTS) is 1. The maximum Gasteiger partial charge on any atom is 0.408 e. The standard InChI is InChI=1S/C15H17NO5/c1-14-8-15(9-14,11(21-14)12(17)18)16-13(19)20-7-10-5-3-2-4-6-10/h2-6,11H,7-9H2,1H3,(H,16,19)(H,17,18). The number of amides is 1. The minimum atomic E-state index is -1.06. The Morgan fingerprint density at radius 1 is 1.38 bits per heavy atom. The molecule has 0 spiro atoms. The van der Waals surface area contributed by atoms with Gasteiger partial charge in [0.1, 0.15) is 6.61 Å². The number of carbonyl (C=O) groups excluding carboxylic acids is 1. The van der Waals surface area contributed by atoms with Crippen molar-refractivity contribution in [3.05, 3.63) is 35.9 Å². The van der Waals surface area contributed by atoms with Gasteiger partial charge in [-0.25, -0.2) is 9.59 Å². The molecule has 6 nitrogen and oxygen atoms in total. The van der Waals surface area contributed by atoms with E-state index in [1.165, 1.54) is 0 Å². The molecule has 2 saturated heterocycles. The van der Waals surface area contributed by atoms with E-state index >= 15 is 0 Å². The van der Waals surface area contributed by atoms with Crippen molar-refractivity contribution in [3.8, 4) is 0 Å². The Balaban J connectivity index is 1.59. The summed E-state index contributed by atoms with van der Waals surface area (Å²) in [5.74, 6) is -1.06. The molecule has 2 heterocycles. The molecule has 6 heteroatoms.